The lowest BCUT2D eigenvalue weighted by atomic mass is 9.91. The van der Waals surface area contributed by atoms with Gasteiger partial charge in [-0.25, -0.2) is 0 Å². The number of aliphatic carboxylic acids is 1. The van der Waals surface area contributed by atoms with Gasteiger partial charge in [-0.15, -0.1) is 0 Å². The maximum Gasteiger partial charge on any atom is 0.306 e. The first-order valence-electron chi connectivity index (χ1n) is 11.2. The summed E-state index contributed by atoms with van der Waals surface area (Å²) in [6, 6.07) is 16.2. The molecule has 0 unspecified atom stereocenters. The highest BCUT2D eigenvalue weighted by molar-refractivity contribution is 6.04. The van der Waals surface area contributed by atoms with Gasteiger partial charge in [0.05, 0.1) is 11.6 Å². The smallest absolute Gasteiger partial charge is 0.306 e. The van der Waals surface area contributed by atoms with Crippen molar-refractivity contribution in [2.45, 2.75) is 51.4 Å². The number of benzene rings is 2. The van der Waals surface area contributed by atoms with Crippen LogP contribution in [0.5, 0.6) is 0 Å². The van der Waals surface area contributed by atoms with Gasteiger partial charge in [0, 0.05) is 35.6 Å². The third-order valence-corrected chi connectivity index (χ3v) is 6.63. The SMILES string of the molecule is Cn1c2c(c3ccc(C(C[C@H](CCCc4ccccc4)C(=O)O)=NO)cc31)CCCC2. The van der Waals surface area contributed by atoms with E-state index in [4.69, 9.17) is 0 Å². The summed E-state index contributed by atoms with van der Waals surface area (Å²) < 4.78 is 2.25. The van der Waals surface area contributed by atoms with Crippen LogP contribution in [0.15, 0.2) is 53.7 Å². The Morgan fingerprint density at radius 3 is 2.65 bits per heavy atom. The quantitative estimate of drug-likeness (QED) is 0.294. The Balaban J connectivity index is 1.51. The van der Waals surface area contributed by atoms with E-state index >= 15 is 0 Å². The predicted octanol–water partition coefficient (Wildman–Crippen LogP) is 5.35. The van der Waals surface area contributed by atoms with Crippen LogP contribution in [-0.4, -0.2) is 26.6 Å². The average molecular weight is 419 g/mol. The summed E-state index contributed by atoms with van der Waals surface area (Å²) in [5.41, 5.74) is 6.39. The highest BCUT2D eigenvalue weighted by Crippen LogP contribution is 2.32. The number of nitrogens with zero attached hydrogens (tertiary/aromatic N) is 2. The zero-order valence-electron chi connectivity index (χ0n) is 18.1. The summed E-state index contributed by atoms with van der Waals surface area (Å²) in [5, 5.41) is 24.2. The van der Waals surface area contributed by atoms with Crippen molar-refractivity contribution in [3.05, 3.63) is 70.9 Å². The minimum Gasteiger partial charge on any atom is -0.481 e. The number of rotatable bonds is 8. The molecule has 0 radical (unpaired) electrons. The Labute approximate surface area is 183 Å². The molecule has 162 valence electrons. The number of carboxylic acid groups (broad SMARTS) is 1. The van der Waals surface area contributed by atoms with Crippen molar-refractivity contribution in [2.75, 3.05) is 0 Å². The first-order valence-corrected chi connectivity index (χ1v) is 11.2. The molecule has 0 fully saturated rings. The maximum atomic E-state index is 11.9. The topological polar surface area (TPSA) is 74.8 Å². The van der Waals surface area contributed by atoms with E-state index < -0.39 is 11.9 Å². The highest BCUT2D eigenvalue weighted by Gasteiger charge is 2.23. The van der Waals surface area contributed by atoms with Crippen molar-refractivity contribution in [2.24, 2.45) is 18.1 Å². The number of oxime groups is 1. The Bertz CT molecular complexity index is 1100. The molecule has 4 rings (SSSR count). The van der Waals surface area contributed by atoms with E-state index in [9.17, 15) is 15.1 Å². The van der Waals surface area contributed by atoms with Gasteiger partial charge in [0.15, 0.2) is 0 Å². The molecule has 1 atom stereocenters. The second-order valence-corrected chi connectivity index (χ2v) is 8.59. The second-order valence-electron chi connectivity index (χ2n) is 8.59. The lowest BCUT2D eigenvalue weighted by molar-refractivity contribution is -0.141. The first-order chi connectivity index (χ1) is 15.1. The van der Waals surface area contributed by atoms with Gasteiger partial charge in [0.1, 0.15) is 0 Å². The van der Waals surface area contributed by atoms with Crippen LogP contribution in [-0.2, 0) is 31.1 Å². The van der Waals surface area contributed by atoms with Gasteiger partial charge in [-0.2, -0.15) is 0 Å². The number of aryl methyl sites for hydroxylation is 3. The van der Waals surface area contributed by atoms with Gasteiger partial charge in [0.25, 0.3) is 0 Å². The number of carbonyl (C=O) groups is 1. The average Bonchev–Trinajstić information content (AvgIpc) is 3.08. The highest BCUT2D eigenvalue weighted by atomic mass is 16.4. The van der Waals surface area contributed by atoms with Gasteiger partial charge in [-0.05, 0) is 62.1 Å². The lowest BCUT2D eigenvalue weighted by Crippen LogP contribution is -2.19. The molecule has 2 N–H and O–H groups in total. The lowest BCUT2D eigenvalue weighted by Gasteiger charge is -2.14. The van der Waals surface area contributed by atoms with E-state index in [1.54, 1.807) is 0 Å². The van der Waals surface area contributed by atoms with Crippen molar-refractivity contribution >= 4 is 22.6 Å². The van der Waals surface area contributed by atoms with Gasteiger partial charge < -0.3 is 14.9 Å². The second kappa shape index (κ2) is 9.38. The summed E-state index contributed by atoms with van der Waals surface area (Å²) in [5.74, 6) is -1.42. The van der Waals surface area contributed by atoms with Crippen molar-refractivity contribution in [1.29, 1.82) is 0 Å². The van der Waals surface area contributed by atoms with Crippen LogP contribution in [0.4, 0.5) is 0 Å². The van der Waals surface area contributed by atoms with E-state index in [2.05, 4.69) is 35.0 Å². The maximum absolute atomic E-state index is 11.9. The van der Waals surface area contributed by atoms with E-state index in [0.29, 0.717) is 12.1 Å². The van der Waals surface area contributed by atoms with Gasteiger partial charge in [-0.1, -0.05) is 47.6 Å². The molecule has 0 bridgehead atoms. The van der Waals surface area contributed by atoms with Crippen molar-refractivity contribution in [3.63, 3.8) is 0 Å². The van der Waals surface area contributed by atoms with Crippen LogP contribution in [0.3, 0.4) is 0 Å². The monoisotopic (exact) mass is 418 g/mol. The van der Waals surface area contributed by atoms with Gasteiger partial charge >= 0.3 is 5.97 Å². The third kappa shape index (κ3) is 4.50. The fourth-order valence-corrected chi connectivity index (χ4v) is 4.90. The van der Waals surface area contributed by atoms with E-state index in [-0.39, 0.29) is 6.42 Å². The van der Waals surface area contributed by atoms with Crippen LogP contribution < -0.4 is 0 Å². The minimum absolute atomic E-state index is 0.219. The Hall–Kier alpha value is -3.08. The minimum atomic E-state index is -0.843. The molecule has 2 aromatic carbocycles. The van der Waals surface area contributed by atoms with Crippen LogP contribution in [0, 0.1) is 5.92 Å². The number of carboxylic acids is 1. The zero-order chi connectivity index (χ0) is 21.8. The Kier molecular flexibility index (Phi) is 6.40. The normalized spacial score (nSPS) is 15.1. The summed E-state index contributed by atoms with van der Waals surface area (Å²) in [6.45, 7) is 0. The van der Waals surface area contributed by atoms with Crippen molar-refractivity contribution in [1.82, 2.24) is 4.57 Å². The van der Waals surface area contributed by atoms with Crippen LogP contribution >= 0.6 is 0 Å². The molecular formula is C26H30N2O3. The summed E-state index contributed by atoms with van der Waals surface area (Å²) >= 11 is 0. The first kappa shape index (κ1) is 21.2. The Morgan fingerprint density at radius 1 is 1.13 bits per heavy atom. The van der Waals surface area contributed by atoms with Crippen molar-refractivity contribution in [3.8, 4) is 0 Å². The van der Waals surface area contributed by atoms with Crippen LogP contribution in [0.1, 0.15) is 54.5 Å². The molecule has 3 aromatic rings. The van der Waals surface area contributed by atoms with Crippen LogP contribution in [0.2, 0.25) is 0 Å². The zero-order valence-corrected chi connectivity index (χ0v) is 18.1. The number of fused-ring (bicyclic) bond motifs is 3. The molecule has 0 saturated carbocycles. The number of hydrogen-bond donors (Lipinski definition) is 2. The third-order valence-electron chi connectivity index (χ3n) is 6.63. The summed E-state index contributed by atoms with van der Waals surface area (Å²) in [4.78, 5) is 11.9. The molecule has 0 aliphatic heterocycles. The van der Waals surface area contributed by atoms with Crippen LogP contribution in [0.25, 0.3) is 10.9 Å². The molecule has 1 aliphatic rings. The molecule has 5 heteroatoms. The molecule has 5 nitrogen and oxygen atoms in total. The van der Waals surface area contributed by atoms with Gasteiger partial charge in [-0.3, -0.25) is 4.79 Å². The fourth-order valence-electron chi connectivity index (χ4n) is 4.90. The van der Waals surface area contributed by atoms with E-state index in [1.165, 1.54) is 35.0 Å². The molecule has 0 saturated heterocycles. The van der Waals surface area contributed by atoms with Gasteiger partial charge in [0.2, 0.25) is 0 Å². The summed E-state index contributed by atoms with van der Waals surface area (Å²) in [6.07, 6.45) is 7.03. The largest absolute Gasteiger partial charge is 0.481 e. The molecule has 31 heavy (non-hydrogen) atoms. The molecule has 0 spiro atoms. The van der Waals surface area contributed by atoms with Crippen molar-refractivity contribution < 1.29 is 15.1 Å². The molecule has 0 amide bonds. The summed E-state index contributed by atoms with van der Waals surface area (Å²) in [7, 11) is 2.09. The fraction of sp³-hybridized carbons (Fsp3) is 0.385. The number of aromatic nitrogens is 1. The molecule has 1 aliphatic carbocycles. The predicted molar refractivity (Wildman–Crippen MR) is 123 cm³/mol. The molecular weight excluding hydrogens is 388 g/mol. The molecule has 1 aromatic heterocycles. The molecule has 1 heterocycles. The van der Waals surface area contributed by atoms with E-state index in [1.807, 2.05) is 30.3 Å². The number of hydrogen-bond acceptors (Lipinski definition) is 3. The van der Waals surface area contributed by atoms with E-state index in [0.717, 1.165) is 36.8 Å². The standard InChI is InChI=1S/C26H30N2O3/c1-28-24-13-6-5-12-21(24)22-15-14-19(17-25(22)28)23(27-31)16-20(26(29)30)11-7-10-18-8-3-2-4-9-18/h2-4,8-9,14-15,17,20,31H,5-7,10-13,16H2,1H3,(H,29,30)/t20-/m0/s1. The Morgan fingerprint density at radius 2 is 1.90 bits per heavy atom.